The minimum absolute atomic E-state index is 0.120. The molecule has 5 atom stereocenters. The van der Waals surface area contributed by atoms with E-state index in [-0.39, 0.29) is 29.9 Å². The predicted octanol–water partition coefficient (Wildman–Crippen LogP) is 4.71. The van der Waals surface area contributed by atoms with Crippen LogP contribution in [0.5, 0.6) is 0 Å². The van der Waals surface area contributed by atoms with Crippen LogP contribution in [-0.4, -0.2) is 53.7 Å². The number of aliphatic hydroxyl groups is 1. The van der Waals surface area contributed by atoms with E-state index in [1.807, 2.05) is 0 Å². The molecule has 1 saturated heterocycles. The van der Waals surface area contributed by atoms with E-state index in [1.54, 1.807) is 110 Å². The maximum absolute atomic E-state index is 13.3. The van der Waals surface area contributed by atoms with Crippen molar-refractivity contribution in [2.24, 2.45) is 0 Å². The molecule has 1 aliphatic heterocycles. The summed E-state index contributed by atoms with van der Waals surface area (Å²) in [6.45, 7) is 1.22. The third-order valence-corrected chi connectivity index (χ3v) is 6.75. The van der Waals surface area contributed by atoms with E-state index in [0.29, 0.717) is 11.5 Å². The third kappa shape index (κ3) is 7.36. The van der Waals surface area contributed by atoms with Gasteiger partial charge < -0.3 is 33.2 Å². The van der Waals surface area contributed by atoms with Gasteiger partial charge >= 0.3 is 17.9 Å². The molecule has 0 bridgehead atoms. The van der Waals surface area contributed by atoms with Crippen LogP contribution in [-0.2, 0) is 36.9 Å². The second-order valence-electron chi connectivity index (χ2n) is 9.75. The van der Waals surface area contributed by atoms with Crippen molar-refractivity contribution < 1.29 is 47.6 Å². The largest absolute Gasteiger partial charge is 0.461 e. The van der Waals surface area contributed by atoms with E-state index >= 15 is 0 Å². The van der Waals surface area contributed by atoms with Crippen LogP contribution in [0, 0.1) is 0 Å². The number of furan rings is 1. The Labute approximate surface area is 247 Å². The Kier molecular flexibility index (Phi) is 9.63. The molecular weight excluding hydrogens is 556 g/mol. The number of rotatable bonds is 10. The fourth-order valence-electron chi connectivity index (χ4n) is 4.58. The molecule has 10 heteroatoms. The van der Waals surface area contributed by atoms with E-state index in [9.17, 15) is 19.5 Å². The van der Waals surface area contributed by atoms with Gasteiger partial charge in [0.25, 0.3) is 0 Å². The molecule has 1 aliphatic rings. The van der Waals surface area contributed by atoms with Crippen LogP contribution in [0.1, 0.15) is 49.5 Å². The SMILES string of the molecule is CC1OC(OCc2ccc(CO)o2)C(OC(=O)c2ccccc2)C(OC(=O)c2ccccc2)C1OC(=O)c1ccccc1. The summed E-state index contributed by atoms with van der Waals surface area (Å²) >= 11 is 0. The fourth-order valence-corrected chi connectivity index (χ4v) is 4.58. The minimum Gasteiger partial charge on any atom is -0.461 e. The molecule has 0 amide bonds. The summed E-state index contributed by atoms with van der Waals surface area (Å²) in [5.74, 6) is -1.41. The summed E-state index contributed by atoms with van der Waals surface area (Å²) in [5, 5.41) is 9.34. The molecule has 0 radical (unpaired) electrons. The zero-order valence-electron chi connectivity index (χ0n) is 23.2. The van der Waals surface area contributed by atoms with Crippen LogP contribution in [0.4, 0.5) is 0 Å². The highest BCUT2D eigenvalue weighted by molar-refractivity contribution is 5.91. The van der Waals surface area contributed by atoms with Crippen molar-refractivity contribution in [3.63, 3.8) is 0 Å². The Morgan fingerprint density at radius 1 is 0.628 bits per heavy atom. The van der Waals surface area contributed by atoms with Gasteiger partial charge in [0.15, 0.2) is 24.6 Å². The molecule has 2 heterocycles. The summed E-state index contributed by atoms with van der Waals surface area (Å²) in [7, 11) is 0. The van der Waals surface area contributed by atoms with Gasteiger partial charge in [-0.15, -0.1) is 0 Å². The first-order chi connectivity index (χ1) is 20.9. The van der Waals surface area contributed by atoms with Crippen molar-refractivity contribution in [3.05, 3.63) is 131 Å². The molecule has 0 aliphatic carbocycles. The zero-order chi connectivity index (χ0) is 30.2. The van der Waals surface area contributed by atoms with Gasteiger partial charge in [0, 0.05) is 0 Å². The second-order valence-corrected chi connectivity index (χ2v) is 9.75. The van der Waals surface area contributed by atoms with Crippen LogP contribution in [0.3, 0.4) is 0 Å². The highest BCUT2D eigenvalue weighted by atomic mass is 16.7. The first-order valence-electron chi connectivity index (χ1n) is 13.7. The molecule has 5 rings (SSSR count). The van der Waals surface area contributed by atoms with Gasteiger partial charge in [-0.1, -0.05) is 54.6 Å². The quantitative estimate of drug-likeness (QED) is 0.206. The zero-order valence-corrected chi connectivity index (χ0v) is 23.2. The van der Waals surface area contributed by atoms with Crippen LogP contribution >= 0.6 is 0 Å². The Morgan fingerprint density at radius 3 is 1.53 bits per heavy atom. The van der Waals surface area contributed by atoms with Gasteiger partial charge in [-0.3, -0.25) is 0 Å². The standard InChI is InChI=1S/C33H30O10/c1-21-27(41-30(35)22-11-5-2-6-12-22)28(42-31(36)23-13-7-3-8-14-23)29(43-32(37)24-15-9-4-10-16-24)33(39-21)38-20-26-18-17-25(19-34)40-26/h2-18,21,27-29,33-34H,19-20H2,1H3. The Morgan fingerprint density at radius 2 is 1.07 bits per heavy atom. The summed E-state index contributed by atoms with van der Waals surface area (Å²) in [6, 6.07) is 28.0. The van der Waals surface area contributed by atoms with E-state index in [1.165, 1.54) is 0 Å². The van der Waals surface area contributed by atoms with Gasteiger partial charge in [-0.2, -0.15) is 0 Å². The topological polar surface area (TPSA) is 131 Å². The molecular formula is C33H30O10. The minimum atomic E-state index is -1.36. The van der Waals surface area contributed by atoms with Crippen molar-refractivity contribution in [2.75, 3.05) is 0 Å². The van der Waals surface area contributed by atoms with E-state index in [4.69, 9.17) is 28.1 Å². The van der Waals surface area contributed by atoms with E-state index < -0.39 is 48.6 Å². The monoisotopic (exact) mass is 586 g/mol. The van der Waals surface area contributed by atoms with Crippen LogP contribution in [0.15, 0.2) is 108 Å². The maximum atomic E-state index is 13.3. The van der Waals surface area contributed by atoms with Crippen LogP contribution in [0.2, 0.25) is 0 Å². The number of carbonyl (C=O) groups is 3. The molecule has 1 N–H and O–H groups in total. The van der Waals surface area contributed by atoms with Gasteiger partial charge in [0.1, 0.15) is 24.7 Å². The Balaban J connectivity index is 1.48. The lowest BCUT2D eigenvalue weighted by molar-refractivity contribution is -0.294. The summed E-state index contributed by atoms with van der Waals surface area (Å²) in [5.41, 5.74) is 0.758. The first kappa shape index (κ1) is 29.7. The van der Waals surface area contributed by atoms with Crippen LogP contribution < -0.4 is 0 Å². The number of hydrogen-bond acceptors (Lipinski definition) is 10. The second kappa shape index (κ2) is 13.9. The summed E-state index contributed by atoms with van der Waals surface area (Å²) < 4.78 is 35.3. The van der Waals surface area contributed by atoms with Crippen molar-refractivity contribution in [1.82, 2.24) is 0 Å². The third-order valence-electron chi connectivity index (χ3n) is 6.75. The van der Waals surface area contributed by atoms with Crippen LogP contribution in [0.25, 0.3) is 0 Å². The number of benzene rings is 3. The first-order valence-corrected chi connectivity index (χ1v) is 13.7. The molecule has 43 heavy (non-hydrogen) atoms. The molecule has 0 spiro atoms. The van der Waals surface area contributed by atoms with E-state index in [0.717, 1.165) is 0 Å². The van der Waals surface area contributed by atoms with E-state index in [2.05, 4.69) is 0 Å². The lowest BCUT2D eigenvalue weighted by atomic mass is 9.98. The van der Waals surface area contributed by atoms with Gasteiger partial charge in [0.2, 0.25) is 0 Å². The molecule has 4 aromatic rings. The smallest absolute Gasteiger partial charge is 0.338 e. The number of esters is 3. The average molecular weight is 587 g/mol. The normalized spacial score (nSPS) is 21.5. The van der Waals surface area contributed by atoms with Crippen molar-refractivity contribution in [3.8, 4) is 0 Å². The van der Waals surface area contributed by atoms with Crippen molar-refractivity contribution in [2.45, 2.75) is 50.8 Å². The highest BCUT2D eigenvalue weighted by Gasteiger charge is 2.52. The molecule has 10 nitrogen and oxygen atoms in total. The van der Waals surface area contributed by atoms with Gasteiger partial charge in [-0.05, 0) is 55.5 Å². The molecule has 222 valence electrons. The Hall–Kier alpha value is -4.77. The maximum Gasteiger partial charge on any atom is 0.338 e. The van der Waals surface area contributed by atoms with Crippen molar-refractivity contribution in [1.29, 1.82) is 0 Å². The van der Waals surface area contributed by atoms with Crippen molar-refractivity contribution >= 4 is 17.9 Å². The van der Waals surface area contributed by atoms with Gasteiger partial charge in [-0.25, -0.2) is 14.4 Å². The Bertz CT molecular complexity index is 1500. The lowest BCUT2D eigenvalue weighted by Crippen LogP contribution is -2.61. The molecule has 5 unspecified atom stereocenters. The molecule has 1 fully saturated rings. The fraction of sp³-hybridized carbons (Fsp3) is 0.242. The average Bonchev–Trinajstić information content (AvgIpc) is 3.52. The lowest BCUT2D eigenvalue weighted by Gasteiger charge is -2.43. The number of carbonyl (C=O) groups excluding carboxylic acids is 3. The summed E-state index contributed by atoms with van der Waals surface area (Å²) in [6.07, 6.45) is -5.99. The molecule has 0 saturated carbocycles. The molecule has 1 aromatic heterocycles. The summed E-state index contributed by atoms with van der Waals surface area (Å²) in [4.78, 5) is 39.7. The number of ether oxygens (including phenoxy) is 5. The van der Waals surface area contributed by atoms with Gasteiger partial charge in [0.05, 0.1) is 22.8 Å². The highest BCUT2D eigenvalue weighted by Crippen LogP contribution is 2.31. The molecule has 3 aromatic carbocycles. The number of aliphatic hydroxyl groups excluding tert-OH is 1. The predicted molar refractivity (Wildman–Crippen MR) is 151 cm³/mol. The number of hydrogen-bond donors (Lipinski definition) is 1.